The van der Waals surface area contributed by atoms with Crippen LogP contribution in [0.15, 0.2) is 59.5 Å². The van der Waals surface area contributed by atoms with Gasteiger partial charge in [-0.1, -0.05) is 30.3 Å². The SMILES string of the molecule is O=C(CCSc1ccccc1)NCc1nc2ccccc2s1. The number of nitrogens with one attached hydrogen (secondary N) is 1. The number of thioether (sulfide) groups is 1. The fraction of sp³-hybridized carbons (Fsp3) is 0.176. The fourth-order valence-corrected chi connectivity index (χ4v) is 3.82. The maximum Gasteiger partial charge on any atom is 0.221 e. The predicted molar refractivity (Wildman–Crippen MR) is 93.2 cm³/mol. The molecule has 2 aromatic carbocycles. The monoisotopic (exact) mass is 328 g/mol. The molecule has 5 heteroatoms. The maximum absolute atomic E-state index is 11.9. The second-order valence-electron chi connectivity index (χ2n) is 4.76. The molecular formula is C17H16N2OS2. The number of thiazole rings is 1. The molecule has 0 aliphatic rings. The zero-order chi connectivity index (χ0) is 15.2. The normalized spacial score (nSPS) is 10.7. The molecule has 3 aromatic rings. The number of benzene rings is 2. The van der Waals surface area contributed by atoms with Crippen molar-refractivity contribution in [3.05, 3.63) is 59.6 Å². The average Bonchev–Trinajstić information content (AvgIpc) is 2.97. The van der Waals surface area contributed by atoms with Crippen molar-refractivity contribution in [1.82, 2.24) is 10.3 Å². The number of fused-ring (bicyclic) bond motifs is 1. The first-order chi connectivity index (χ1) is 10.8. The first kappa shape index (κ1) is 15.1. The van der Waals surface area contributed by atoms with Gasteiger partial charge in [-0.15, -0.1) is 23.1 Å². The van der Waals surface area contributed by atoms with Crippen LogP contribution in [0.3, 0.4) is 0 Å². The molecule has 22 heavy (non-hydrogen) atoms. The molecule has 0 spiro atoms. The van der Waals surface area contributed by atoms with Gasteiger partial charge in [0.05, 0.1) is 16.8 Å². The van der Waals surface area contributed by atoms with Gasteiger partial charge in [0.1, 0.15) is 5.01 Å². The minimum Gasteiger partial charge on any atom is -0.350 e. The number of amides is 1. The third kappa shape index (κ3) is 4.08. The number of aromatic nitrogens is 1. The van der Waals surface area contributed by atoms with Crippen LogP contribution in [0.1, 0.15) is 11.4 Å². The van der Waals surface area contributed by atoms with Crippen LogP contribution in [0, 0.1) is 0 Å². The van der Waals surface area contributed by atoms with E-state index in [1.165, 1.54) is 4.90 Å². The van der Waals surface area contributed by atoms with Gasteiger partial charge in [0, 0.05) is 17.1 Å². The summed E-state index contributed by atoms with van der Waals surface area (Å²) in [5.74, 6) is 0.859. The molecule has 112 valence electrons. The second-order valence-corrected chi connectivity index (χ2v) is 7.05. The molecule has 1 heterocycles. The lowest BCUT2D eigenvalue weighted by Gasteiger charge is -2.03. The largest absolute Gasteiger partial charge is 0.350 e. The second kappa shape index (κ2) is 7.42. The third-order valence-corrected chi connectivity index (χ3v) is 5.17. The maximum atomic E-state index is 11.9. The molecule has 0 aliphatic heterocycles. The topological polar surface area (TPSA) is 42.0 Å². The summed E-state index contributed by atoms with van der Waals surface area (Å²) < 4.78 is 1.16. The van der Waals surface area contributed by atoms with Crippen molar-refractivity contribution in [2.75, 3.05) is 5.75 Å². The Balaban J connectivity index is 1.44. The molecule has 1 N–H and O–H groups in total. The van der Waals surface area contributed by atoms with Crippen molar-refractivity contribution in [3.8, 4) is 0 Å². The van der Waals surface area contributed by atoms with E-state index in [1.807, 2.05) is 36.4 Å². The van der Waals surface area contributed by atoms with Crippen molar-refractivity contribution in [1.29, 1.82) is 0 Å². The molecule has 0 atom stereocenters. The van der Waals surface area contributed by atoms with Crippen molar-refractivity contribution < 1.29 is 4.79 Å². The van der Waals surface area contributed by atoms with Crippen LogP contribution in [-0.4, -0.2) is 16.6 Å². The van der Waals surface area contributed by atoms with Crippen LogP contribution in [-0.2, 0) is 11.3 Å². The predicted octanol–water partition coefficient (Wildman–Crippen LogP) is 4.09. The van der Waals surface area contributed by atoms with Crippen molar-refractivity contribution in [2.24, 2.45) is 0 Å². The van der Waals surface area contributed by atoms with Gasteiger partial charge in [-0.3, -0.25) is 4.79 Å². The molecule has 0 saturated heterocycles. The van der Waals surface area contributed by atoms with Crippen molar-refractivity contribution in [2.45, 2.75) is 17.9 Å². The van der Waals surface area contributed by atoms with Crippen LogP contribution in [0.4, 0.5) is 0 Å². The Morgan fingerprint density at radius 2 is 1.86 bits per heavy atom. The third-order valence-electron chi connectivity index (χ3n) is 3.12. The van der Waals surface area contributed by atoms with Crippen molar-refractivity contribution >= 4 is 39.2 Å². The van der Waals surface area contributed by atoms with Gasteiger partial charge in [0.15, 0.2) is 0 Å². The Labute approximate surface area is 137 Å². The lowest BCUT2D eigenvalue weighted by Crippen LogP contribution is -2.22. The Bertz CT molecular complexity index is 722. The lowest BCUT2D eigenvalue weighted by atomic mass is 10.3. The molecule has 1 aromatic heterocycles. The zero-order valence-corrected chi connectivity index (χ0v) is 13.6. The van der Waals surface area contributed by atoms with Gasteiger partial charge in [-0.05, 0) is 24.3 Å². The molecule has 3 nitrogen and oxygen atoms in total. The van der Waals surface area contributed by atoms with Gasteiger partial charge in [-0.25, -0.2) is 4.98 Å². The summed E-state index contributed by atoms with van der Waals surface area (Å²) in [6.07, 6.45) is 0.518. The first-order valence-corrected chi connectivity index (χ1v) is 8.90. The minimum atomic E-state index is 0.0719. The van der Waals surface area contributed by atoms with Crippen LogP contribution in [0.25, 0.3) is 10.2 Å². The van der Waals surface area contributed by atoms with E-state index >= 15 is 0 Å². The van der Waals surface area contributed by atoms with E-state index in [0.717, 1.165) is 21.0 Å². The van der Waals surface area contributed by atoms with Gasteiger partial charge < -0.3 is 5.32 Å². The number of para-hydroxylation sites is 1. The Morgan fingerprint density at radius 3 is 2.68 bits per heavy atom. The minimum absolute atomic E-state index is 0.0719. The summed E-state index contributed by atoms with van der Waals surface area (Å²) in [6.45, 7) is 0.508. The molecule has 0 fully saturated rings. The molecule has 3 rings (SSSR count). The van der Waals surface area contributed by atoms with E-state index in [2.05, 4.69) is 28.5 Å². The summed E-state index contributed by atoms with van der Waals surface area (Å²) in [5.41, 5.74) is 0.997. The van der Waals surface area contributed by atoms with E-state index in [-0.39, 0.29) is 5.91 Å². The van der Waals surface area contributed by atoms with Crippen LogP contribution >= 0.6 is 23.1 Å². The summed E-state index contributed by atoms with van der Waals surface area (Å²) in [7, 11) is 0. The highest BCUT2D eigenvalue weighted by molar-refractivity contribution is 7.99. The Kier molecular flexibility index (Phi) is 5.08. The molecular weight excluding hydrogens is 312 g/mol. The number of nitrogens with zero attached hydrogens (tertiary/aromatic N) is 1. The highest BCUT2D eigenvalue weighted by Crippen LogP contribution is 2.21. The zero-order valence-electron chi connectivity index (χ0n) is 12.0. The van der Waals surface area contributed by atoms with Crippen LogP contribution in [0.2, 0.25) is 0 Å². The number of carbonyl (C=O) groups excluding carboxylic acids is 1. The lowest BCUT2D eigenvalue weighted by molar-refractivity contribution is -0.120. The highest BCUT2D eigenvalue weighted by atomic mass is 32.2. The van der Waals surface area contributed by atoms with E-state index in [0.29, 0.717) is 13.0 Å². The van der Waals surface area contributed by atoms with E-state index in [4.69, 9.17) is 0 Å². The number of hydrogen-bond donors (Lipinski definition) is 1. The van der Waals surface area contributed by atoms with E-state index in [9.17, 15) is 4.79 Å². The van der Waals surface area contributed by atoms with Crippen LogP contribution < -0.4 is 5.32 Å². The molecule has 0 unspecified atom stereocenters. The molecule has 0 saturated carbocycles. The number of carbonyl (C=O) groups is 1. The van der Waals surface area contributed by atoms with E-state index in [1.54, 1.807) is 23.1 Å². The quantitative estimate of drug-likeness (QED) is 0.693. The molecule has 0 aliphatic carbocycles. The summed E-state index contributed by atoms with van der Waals surface area (Å²) in [6, 6.07) is 18.2. The Morgan fingerprint density at radius 1 is 1.09 bits per heavy atom. The number of rotatable bonds is 6. The average molecular weight is 328 g/mol. The van der Waals surface area contributed by atoms with Gasteiger partial charge in [-0.2, -0.15) is 0 Å². The number of hydrogen-bond acceptors (Lipinski definition) is 4. The van der Waals surface area contributed by atoms with E-state index < -0.39 is 0 Å². The smallest absolute Gasteiger partial charge is 0.221 e. The fourth-order valence-electron chi connectivity index (χ4n) is 2.04. The Hall–Kier alpha value is -1.85. The summed E-state index contributed by atoms with van der Waals surface area (Å²) in [4.78, 5) is 17.6. The van der Waals surface area contributed by atoms with Gasteiger partial charge >= 0.3 is 0 Å². The van der Waals surface area contributed by atoms with Crippen LogP contribution in [0.5, 0.6) is 0 Å². The first-order valence-electron chi connectivity index (χ1n) is 7.10. The summed E-state index contributed by atoms with van der Waals surface area (Å²) in [5, 5.41) is 3.89. The van der Waals surface area contributed by atoms with Crippen molar-refractivity contribution in [3.63, 3.8) is 0 Å². The standard InChI is InChI=1S/C17H16N2OS2/c20-16(10-11-21-13-6-2-1-3-7-13)18-12-17-19-14-8-4-5-9-15(14)22-17/h1-9H,10-12H2,(H,18,20). The van der Waals surface area contributed by atoms with Gasteiger partial charge in [0.2, 0.25) is 5.91 Å². The molecule has 1 amide bonds. The highest BCUT2D eigenvalue weighted by Gasteiger charge is 2.06. The molecule has 0 radical (unpaired) electrons. The van der Waals surface area contributed by atoms with Gasteiger partial charge in [0.25, 0.3) is 0 Å². The summed E-state index contributed by atoms with van der Waals surface area (Å²) >= 11 is 3.33. The molecule has 0 bridgehead atoms.